The topological polar surface area (TPSA) is 332 Å². The van der Waals surface area contributed by atoms with Gasteiger partial charge in [-0.15, -0.1) is 13.2 Å². The number of nitrogens with one attached hydrogen (secondary N) is 2. The van der Waals surface area contributed by atoms with Gasteiger partial charge in [0.05, 0.1) is 45.7 Å². The van der Waals surface area contributed by atoms with E-state index < -0.39 is 16.4 Å². The number of primary sulfonamides is 1. The molecule has 14 aromatic rings. The van der Waals surface area contributed by atoms with Crippen molar-refractivity contribution in [3.8, 4) is 84.7 Å². The minimum absolute atomic E-state index is 0.0171. The van der Waals surface area contributed by atoms with Crippen molar-refractivity contribution >= 4 is 97.3 Å². The number of para-hydroxylation sites is 2. The molecule has 24 nitrogen and oxygen atoms in total. The number of ether oxygens (including phenoxy) is 3. The quantitative estimate of drug-likeness (QED) is 0.0329. The van der Waals surface area contributed by atoms with Crippen LogP contribution in [-0.2, 0) is 37.4 Å². The van der Waals surface area contributed by atoms with Crippen molar-refractivity contribution in [1.82, 2.24) is 50.0 Å². The van der Waals surface area contributed by atoms with Gasteiger partial charge >= 0.3 is 6.36 Å². The zero-order valence-corrected chi connectivity index (χ0v) is 73.6. The van der Waals surface area contributed by atoms with Gasteiger partial charge in [-0.3, -0.25) is 34.0 Å². The minimum Gasteiger partial charge on any atom is -0.496 e. The highest BCUT2D eigenvalue weighted by molar-refractivity contribution is 8.18. The lowest BCUT2D eigenvalue weighted by atomic mass is 9.88. The number of benzene rings is 11. The number of carbonyl (C=O) groups is 5. The Morgan fingerprint density at radius 2 is 1.24 bits per heavy atom. The fourth-order valence-electron chi connectivity index (χ4n) is 14.7. The summed E-state index contributed by atoms with van der Waals surface area (Å²) >= 11 is 13.0. The first-order chi connectivity index (χ1) is 62.6. The molecule has 11 aromatic carbocycles. The van der Waals surface area contributed by atoms with Gasteiger partial charge in [-0.2, -0.15) is 15.2 Å². The van der Waals surface area contributed by atoms with E-state index >= 15 is 0 Å². The molecule has 664 valence electrons. The van der Waals surface area contributed by atoms with Crippen LogP contribution < -0.4 is 41.0 Å². The predicted molar refractivity (Wildman–Crippen MR) is 497 cm³/mol. The number of Topliss-reactive ketones (excluding diaryl/α,β-unsaturated/α-hetero) is 1. The van der Waals surface area contributed by atoms with Crippen LogP contribution in [0.3, 0.4) is 0 Å². The van der Waals surface area contributed by atoms with Crippen LogP contribution in [0, 0.1) is 24.6 Å². The van der Waals surface area contributed by atoms with E-state index in [1.165, 1.54) is 43.7 Å². The van der Waals surface area contributed by atoms with Crippen LogP contribution in [0.4, 0.5) is 39.8 Å². The Balaban J connectivity index is 0.000000140. The molecule has 2 atom stereocenters. The number of alkyl halides is 3. The number of methoxy groups -OCH3 is 1. The molecule has 2 saturated heterocycles. The largest absolute Gasteiger partial charge is 0.573 e. The zero-order valence-electron chi connectivity index (χ0n) is 70.4. The molecule has 0 bridgehead atoms. The maximum atomic E-state index is 13.0. The number of likely N-dealkylation sites (N-methyl/N-ethyl adjacent to an activating group) is 1. The number of aromatic nitrogens is 7. The second kappa shape index (κ2) is 43.5. The summed E-state index contributed by atoms with van der Waals surface area (Å²) < 4.78 is 91.0. The van der Waals surface area contributed by atoms with Crippen LogP contribution in [0.25, 0.3) is 67.8 Å². The molecule has 1 aliphatic carbocycles. The zero-order chi connectivity index (χ0) is 92.0. The van der Waals surface area contributed by atoms with E-state index in [4.69, 9.17) is 49.3 Å². The Morgan fingerprint density at radius 3 is 1.87 bits per heavy atom. The molecule has 5 heterocycles. The van der Waals surface area contributed by atoms with Gasteiger partial charge in [0, 0.05) is 108 Å². The highest BCUT2D eigenvalue weighted by Gasteiger charge is 2.38. The average molecular weight is 1830 g/mol. The van der Waals surface area contributed by atoms with Crippen molar-refractivity contribution in [2.24, 2.45) is 17.0 Å². The molecule has 32 heteroatoms. The number of hydrogen-bond donors (Lipinski definition) is 5. The SMILES string of the molecule is CN1C(=O)S/C(=C\c2ccc(Oc3ccc(F)cc3)cc2)C1=O.COc1ccccc1-c1cccc(-c2cc(N)nc(N)n2)c1.Cc1c(C(=O)N2CCN(c3cccc(Cl)c3)CC2)cnn1-c1ccc(Cl)cc1.FC(F)(F)Oc1ccccc1-c1cccc(-c2ncn[nH]2)c1.NS(=O)(=O)c1ccccc1-c1ccc(CCC(=O)[C@@H]2CCC[C@H]2C(=O)NCc2ccccc2)cc1. The number of imide groups is 1. The van der Waals surface area contributed by atoms with Crippen LogP contribution >= 0.6 is 35.0 Å². The third-order valence-corrected chi connectivity index (χ3v) is 23.7. The highest BCUT2D eigenvalue weighted by Crippen LogP contribution is 2.39. The molecule has 0 unspecified atom stereocenters. The molecule has 0 radical (unpaired) electrons. The van der Waals surface area contributed by atoms with Gasteiger partial charge in [0.25, 0.3) is 17.1 Å². The molecule has 3 aliphatic rings. The first kappa shape index (κ1) is 93.3. The number of aryl methyl sites for hydroxylation is 1. The van der Waals surface area contributed by atoms with Gasteiger partial charge in [0.15, 0.2) is 5.82 Å². The number of hydrogen-bond acceptors (Lipinski definition) is 19. The van der Waals surface area contributed by atoms with Crippen molar-refractivity contribution in [2.75, 3.05) is 56.7 Å². The van der Waals surface area contributed by atoms with Crippen LogP contribution in [0.5, 0.6) is 23.0 Å². The Bertz CT molecular complexity index is 6440. The molecule has 1 saturated carbocycles. The lowest BCUT2D eigenvalue weighted by Crippen LogP contribution is -2.48. The van der Waals surface area contributed by atoms with Gasteiger partial charge in [-0.05, 0) is 187 Å². The van der Waals surface area contributed by atoms with Crippen molar-refractivity contribution in [1.29, 1.82) is 0 Å². The number of sulfonamides is 1. The van der Waals surface area contributed by atoms with Gasteiger partial charge in [-0.1, -0.05) is 193 Å². The molecule has 0 spiro atoms. The summed E-state index contributed by atoms with van der Waals surface area (Å²) in [6.07, 6.45) is 3.27. The molecular formula is C98H88Cl2F4N14O10S2. The van der Waals surface area contributed by atoms with Gasteiger partial charge in [0.2, 0.25) is 21.9 Å². The summed E-state index contributed by atoms with van der Waals surface area (Å²) in [5.74, 6) is 1.75. The summed E-state index contributed by atoms with van der Waals surface area (Å²) in [4.78, 5) is 79.9. The molecule has 2 aliphatic heterocycles. The molecular weight excluding hydrogens is 1740 g/mol. The number of H-pyrrole nitrogens is 1. The second-order valence-electron chi connectivity index (χ2n) is 30.0. The van der Waals surface area contributed by atoms with Crippen LogP contribution in [0.2, 0.25) is 10.0 Å². The van der Waals surface area contributed by atoms with E-state index in [0.717, 1.165) is 121 Å². The number of nitrogens with two attached hydrogens (primary N) is 3. The smallest absolute Gasteiger partial charge is 0.496 e. The van der Waals surface area contributed by atoms with Crippen LogP contribution in [-0.4, -0.2) is 129 Å². The standard InChI is InChI=1S/C28H30N2O4S.C21H20Cl2N4O.C17H12FNO3S.C17H16N4O.C15H10F3N3O/c29-35(33,34)27-12-5-4-9-23(27)22-16-13-20(14-17-22)15-18-26(31)24-10-6-11-25(24)28(32)30-19-21-7-2-1-3-8-21;1-15-20(14-24-27(15)18-7-5-16(22)6-8-18)21(28)26-11-9-25(10-12-26)19-4-2-3-17(23)13-19;1-19-16(20)15(23-17(19)21)10-11-2-6-13(7-3-11)22-14-8-4-12(18)5-9-14;1-22-15-8-3-2-7-13(15)11-5-4-6-12(9-11)14-10-16(18)21-17(19)20-14;16-15(17,18)22-13-7-2-1-6-12(13)10-4-3-5-11(8-10)14-19-9-20-21-14/h1-5,7-9,12-14,16-17,24-25H,6,10-11,15,18-19H2,(H,30,32)(H2,29,33,34);2-8,13-14H,9-12H2,1H3;2-10H,1H3;2-10H,1H3,(H4,18,19,20,21);1-9H,(H,19,20,21)/b;;15-10-;;/t24-,25-;;;;/m1..../s1. The number of nitrogens with zero attached hydrogens (tertiary/aromatic N) is 9. The van der Waals surface area contributed by atoms with E-state index in [0.29, 0.717) is 93.5 Å². The number of amides is 4. The van der Waals surface area contributed by atoms with E-state index in [9.17, 15) is 50.0 Å². The summed E-state index contributed by atoms with van der Waals surface area (Å²) in [6, 6.07) is 82.4. The Labute approximate surface area is 762 Å². The maximum absolute atomic E-state index is 13.0. The molecule has 3 fully saturated rings. The number of halogens is 6. The lowest BCUT2D eigenvalue weighted by Gasteiger charge is -2.36. The van der Waals surface area contributed by atoms with E-state index in [1.807, 2.05) is 163 Å². The Hall–Kier alpha value is -14.3. The molecule has 4 amide bonds. The summed E-state index contributed by atoms with van der Waals surface area (Å²) in [5, 5.41) is 20.3. The first-order valence-electron chi connectivity index (χ1n) is 40.9. The minimum atomic E-state index is -4.74. The van der Waals surface area contributed by atoms with Gasteiger partial charge in [0.1, 0.15) is 46.7 Å². The predicted octanol–water partition coefficient (Wildman–Crippen LogP) is 20.0. The van der Waals surface area contributed by atoms with E-state index in [1.54, 1.807) is 121 Å². The Morgan fingerprint density at radius 1 is 0.631 bits per heavy atom. The summed E-state index contributed by atoms with van der Waals surface area (Å²) in [5.41, 5.74) is 24.3. The summed E-state index contributed by atoms with van der Waals surface area (Å²) in [7, 11) is -0.715. The van der Waals surface area contributed by atoms with Gasteiger partial charge < -0.3 is 40.8 Å². The van der Waals surface area contributed by atoms with Crippen LogP contribution in [0.15, 0.2) is 301 Å². The van der Waals surface area contributed by atoms with Crippen molar-refractivity contribution in [2.45, 2.75) is 56.8 Å². The number of thioether (sulfide) groups is 1. The number of carbonyl (C=O) groups excluding carboxylic acids is 5. The fourth-order valence-corrected chi connectivity index (χ4v) is 16.6. The molecule has 130 heavy (non-hydrogen) atoms. The van der Waals surface area contributed by atoms with Crippen molar-refractivity contribution in [3.63, 3.8) is 0 Å². The number of aromatic amines is 1. The highest BCUT2D eigenvalue weighted by atomic mass is 35.5. The third kappa shape index (κ3) is 25.1. The average Bonchev–Trinajstić information content (AvgIpc) is 1.29. The van der Waals surface area contributed by atoms with Crippen molar-refractivity contribution < 1.29 is 64.2 Å². The first-order valence-corrected chi connectivity index (χ1v) is 44.1. The third-order valence-electron chi connectivity index (χ3n) is 21.3. The Kier molecular flexibility index (Phi) is 31.2. The molecule has 3 aromatic heterocycles. The monoisotopic (exact) mass is 1830 g/mol. The molecule has 8 N–H and O–H groups in total. The second-order valence-corrected chi connectivity index (χ2v) is 33.4. The number of piperazine rings is 1. The maximum Gasteiger partial charge on any atom is 0.573 e. The number of anilines is 3. The van der Waals surface area contributed by atoms with E-state index in [2.05, 4.69) is 45.2 Å². The van der Waals surface area contributed by atoms with Crippen molar-refractivity contribution in [3.05, 3.63) is 340 Å². The van der Waals surface area contributed by atoms with Gasteiger partial charge in [-0.25, -0.2) is 32.6 Å². The van der Waals surface area contributed by atoms with E-state index in [-0.39, 0.29) is 63.0 Å². The number of ketones is 1. The fraction of sp³-hybridized carbons (Fsp3) is 0.163. The summed E-state index contributed by atoms with van der Waals surface area (Å²) in [6.45, 7) is 5.26. The number of rotatable bonds is 21. The number of nitrogen functional groups attached to an aromatic ring is 2. The molecule has 17 rings (SSSR count). The van der Waals surface area contributed by atoms with Crippen LogP contribution in [0.1, 0.15) is 58.4 Å². The normalized spacial score (nSPS) is 14.4. The lowest BCUT2D eigenvalue weighted by molar-refractivity contribution is -0.274.